The van der Waals surface area contributed by atoms with Crippen molar-refractivity contribution in [1.29, 1.82) is 0 Å². The van der Waals surface area contributed by atoms with Gasteiger partial charge in [-0.15, -0.1) is 12.4 Å². The third-order valence-corrected chi connectivity index (χ3v) is 3.69. The third-order valence-electron chi connectivity index (χ3n) is 3.69. The highest BCUT2D eigenvalue weighted by atomic mass is 35.5. The smallest absolute Gasteiger partial charge is 0.276 e. The largest absolute Gasteiger partial charge is 0.491 e. The first-order chi connectivity index (χ1) is 11.3. The van der Waals surface area contributed by atoms with E-state index in [9.17, 15) is 4.79 Å². The Hall–Kier alpha value is -2.09. The molecule has 1 aromatic heterocycles. The number of methoxy groups -OCH3 is 1. The van der Waals surface area contributed by atoms with E-state index in [1.807, 2.05) is 12.1 Å². The molecule has 3 N–H and O–H groups in total. The van der Waals surface area contributed by atoms with E-state index >= 15 is 0 Å². The average Bonchev–Trinajstić information content (AvgIpc) is 3.01. The summed E-state index contributed by atoms with van der Waals surface area (Å²) in [5.41, 5.74) is 3.14. The van der Waals surface area contributed by atoms with Gasteiger partial charge >= 0.3 is 0 Å². The summed E-state index contributed by atoms with van der Waals surface area (Å²) in [7, 11) is 1.63. The Morgan fingerprint density at radius 3 is 2.83 bits per heavy atom. The molecule has 0 unspecified atom stereocenters. The lowest BCUT2D eigenvalue weighted by Gasteiger charge is -2.13. The highest BCUT2D eigenvalue weighted by Crippen LogP contribution is 2.19. The van der Waals surface area contributed by atoms with Crippen molar-refractivity contribution in [2.24, 2.45) is 0 Å². The van der Waals surface area contributed by atoms with Gasteiger partial charge in [-0.25, -0.2) is 0 Å². The number of carbonyl (C=O) groups excluding carboxylic acids is 1. The quantitative estimate of drug-likeness (QED) is 0.689. The Morgan fingerprint density at radius 1 is 1.29 bits per heavy atom. The van der Waals surface area contributed by atoms with Crippen LogP contribution in [0.3, 0.4) is 0 Å². The van der Waals surface area contributed by atoms with Gasteiger partial charge in [-0.1, -0.05) is 0 Å². The molecule has 2 aromatic rings. The van der Waals surface area contributed by atoms with Crippen LogP contribution in [0, 0.1) is 0 Å². The van der Waals surface area contributed by atoms with Gasteiger partial charge in [0.1, 0.15) is 12.4 Å². The zero-order chi connectivity index (χ0) is 16.1. The van der Waals surface area contributed by atoms with Crippen LogP contribution in [0.5, 0.6) is 5.75 Å². The van der Waals surface area contributed by atoms with Gasteiger partial charge in [0, 0.05) is 43.6 Å². The number of aromatic nitrogens is 2. The highest BCUT2D eigenvalue weighted by molar-refractivity contribution is 6.04. The maximum absolute atomic E-state index is 12.4. The van der Waals surface area contributed by atoms with Gasteiger partial charge in [-0.3, -0.25) is 9.89 Å². The van der Waals surface area contributed by atoms with Crippen LogP contribution in [-0.2, 0) is 17.7 Å². The van der Waals surface area contributed by atoms with Crippen LogP contribution in [-0.4, -0.2) is 43.0 Å². The molecule has 0 atom stereocenters. The minimum Gasteiger partial charge on any atom is -0.491 e. The number of fused-ring (bicyclic) bond motifs is 1. The number of hydrogen-bond donors (Lipinski definition) is 3. The predicted molar refractivity (Wildman–Crippen MR) is 93.0 cm³/mol. The number of aromatic amines is 1. The van der Waals surface area contributed by atoms with Crippen molar-refractivity contribution in [2.75, 3.05) is 32.2 Å². The first kappa shape index (κ1) is 18.3. The Labute approximate surface area is 146 Å². The van der Waals surface area contributed by atoms with Gasteiger partial charge in [-0.05, 0) is 24.3 Å². The molecule has 1 aromatic carbocycles. The molecule has 24 heavy (non-hydrogen) atoms. The lowest BCUT2D eigenvalue weighted by Crippen LogP contribution is -2.25. The molecule has 0 spiro atoms. The molecule has 0 fully saturated rings. The molecule has 0 bridgehead atoms. The molecule has 0 radical (unpaired) electrons. The number of halogens is 1. The molecular weight excluding hydrogens is 332 g/mol. The van der Waals surface area contributed by atoms with Gasteiger partial charge in [0.2, 0.25) is 0 Å². The Kier molecular flexibility index (Phi) is 6.60. The van der Waals surface area contributed by atoms with Crippen molar-refractivity contribution >= 4 is 24.0 Å². The van der Waals surface area contributed by atoms with E-state index in [2.05, 4.69) is 20.8 Å². The molecule has 0 saturated carbocycles. The van der Waals surface area contributed by atoms with Crippen LogP contribution in [0.25, 0.3) is 0 Å². The van der Waals surface area contributed by atoms with Crippen molar-refractivity contribution in [3.05, 3.63) is 41.2 Å². The van der Waals surface area contributed by atoms with E-state index in [1.54, 1.807) is 19.2 Å². The SMILES string of the molecule is COCCOc1ccc(NC(=O)c2n[nH]c3c2CNCC3)cc1.Cl. The van der Waals surface area contributed by atoms with Gasteiger partial charge < -0.3 is 20.1 Å². The normalized spacial score (nSPS) is 12.9. The van der Waals surface area contributed by atoms with E-state index in [0.29, 0.717) is 31.1 Å². The standard InChI is InChI=1S/C16H20N4O3.ClH/c1-22-8-9-23-12-4-2-11(3-5-12)18-16(21)15-13-10-17-7-6-14(13)19-20-15;/h2-5,17H,6-10H2,1H3,(H,18,21)(H,19,20);1H. The third kappa shape index (κ3) is 4.25. The van der Waals surface area contributed by atoms with Crippen molar-refractivity contribution in [3.63, 3.8) is 0 Å². The van der Waals surface area contributed by atoms with E-state index in [1.165, 1.54) is 0 Å². The van der Waals surface area contributed by atoms with Crippen LogP contribution in [0.2, 0.25) is 0 Å². The Morgan fingerprint density at radius 2 is 2.08 bits per heavy atom. The van der Waals surface area contributed by atoms with Crippen LogP contribution < -0.4 is 15.4 Å². The monoisotopic (exact) mass is 352 g/mol. The first-order valence-corrected chi connectivity index (χ1v) is 7.58. The summed E-state index contributed by atoms with van der Waals surface area (Å²) in [4.78, 5) is 12.4. The Bertz CT molecular complexity index is 672. The van der Waals surface area contributed by atoms with Crippen molar-refractivity contribution in [3.8, 4) is 5.75 Å². The lowest BCUT2D eigenvalue weighted by atomic mass is 10.1. The zero-order valence-corrected chi connectivity index (χ0v) is 14.2. The van der Waals surface area contributed by atoms with E-state index in [4.69, 9.17) is 9.47 Å². The molecule has 8 heteroatoms. The summed E-state index contributed by atoms with van der Waals surface area (Å²) in [5, 5.41) is 13.2. The van der Waals surface area contributed by atoms with Gasteiger partial charge in [-0.2, -0.15) is 5.10 Å². The first-order valence-electron chi connectivity index (χ1n) is 7.58. The van der Waals surface area contributed by atoms with E-state index < -0.39 is 0 Å². The fraction of sp³-hybridized carbons (Fsp3) is 0.375. The molecule has 7 nitrogen and oxygen atoms in total. The van der Waals surface area contributed by atoms with Crippen LogP contribution >= 0.6 is 12.4 Å². The average molecular weight is 353 g/mol. The minimum absolute atomic E-state index is 0. The molecule has 130 valence electrons. The minimum atomic E-state index is -0.209. The molecule has 1 aliphatic rings. The van der Waals surface area contributed by atoms with Gasteiger partial charge in [0.25, 0.3) is 5.91 Å². The number of hydrogen-bond acceptors (Lipinski definition) is 5. The number of nitrogens with zero attached hydrogens (tertiary/aromatic N) is 1. The van der Waals surface area contributed by atoms with Crippen LogP contribution in [0.4, 0.5) is 5.69 Å². The number of ether oxygens (including phenoxy) is 2. The number of H-pyrrole nitrogens is 1. The zero-order valence-electron chi connectivity index (χ0n) is 13.4. The van der Waals surface area contributed by atoms with Crippen LogP contribution in [0.1, 0.15) is 21.7 Å². The summed E-state index contributed by atoms with van der Waals surface area (Å²) in [6.45, 7) is 2.60. The molecular formula is C16H21ClN4O3. The van der Waals surface area contributed by atoms with E-state index in [0.717, 1.165) is 30.0 Å². The second kappa shape index (κ2) is 8.68. The summed E-state index contributed by atoms with van der Waals surface area (Å²) < 4.78 is 10.4. The number of rotatable bonds is 6. The fourth-order valence-electron chi connectivity index (χ4n) is 2.48. The summed E-state index contributed by atoms with van der Waals surface area (Å²) in [5.74, 6) is 0.528. The number of carbonyl (C=O) groups is 1. The predicted octanol–water partition coefficient (Wildman–Crippen LogP) is 1.75. The van der Waals surface area contributed by atoms with Gasteiger partial charge in [0.15, 0.2) is 5.69 Å². The molecule has 1 aliphatic heterocycles. The van der Waals surface area contributed by atoms with E-state index in [-0.39, 0.29) is 18.3 Å². The van der Waals surface area contributed by atoms with Gasteiger partial charge in [0.05, 0.1) is 6.61 Å². The number of benzene rings is 1. The molecule has 0 aliphatic carbocycles. The lowest BCUT2D eigenvalue weighted by molar-refractivity contribution is 0.102. The molecule has 0 saturated heterocycles. The molecule has 1 amide bonds. The second-order valence-corrected chi connectivity index (χ2v) is 5.28. The molecule has 3 rings (SSSR count). The molecule has 2 heterocycles. The van der Waals surface area contributed by atoms with Crippen LogP contribution in [0.15, 0.2) is 24.3 Å². The van der Waals surface area contributed by atoms with Crippen molar-refractivity contribution in [2.45, 2.75) is 13.0 Å². The van der Waals surface area contributed by atoms with Crippen molar-refractivity contribution in [1.82, 2.24) is 15.5 Å². The maximum Gasteiger partial charge on any atom is 0.276 e. The fourth-order valence-corrected chi connectivity index (χ4v) is 2.48. The summed E-state index contributed by atoms with van der Waals surface area (Å²) in [6.07, 6.45) is 0.864. The number of anilines is 1. The topological polar surface area (TPSA) is 88.3 Å². The highest BCUT2D eigenvalue weighted by Gasteiger charge is 2.21. The summed E-state index contributed by atoms with van der Waals surface area (Å²) in [6, 6.07) is 7.23. The summed E-state index contributed by atoms with van der Waals surface area (Å²) >= 11 is 0. The number of amides is 1. The van der Waals surface area contributed by atoms with Crippen molar-refractivity contribution < 1.29 is 14.3 Å². The Balaban J connectivity index is 0.00000208. The maximum atomic E-state index is 12.4. The second-order valence-electron chi connectivity index (χ2n) is 5.28. The number of nitrogens with one attached hydrogen (secondary N) is 3.